The number of benzene rings is 1. The quantitative estimate of drug-likeness (QED) is 0.807. The SMILES string of the molecule is CO[C@@H]1C[C@@H](C)[N@@+](C(=O)O)(C(=O)C(C)CSC(=O)c2ccccc2)C1. The lowest BCUT2D eigenvalue weighted by Gasteiger charge is -2.31. The fraction of sp³-hybridized carbons (Fsp3) is 0.500. The average molecular weight is 366 g/mol. The lowest BCUT2D eigenvalue weighted by molar-refractivity contribution is -0.795. The number of thioether (sulfide) groups is 1. The van der Waals surface area contributed by atoms with Gasteiger partial charge in [-0.3, -0.25) is 4.79 Å². The summed E-state index contributed by atoms with van der Waals surface area (Å²) in [6.45, 7) is 3.58. The maximum absolute atomic E-state index is 12.9. The summed E-state index contributed by atoms with van der Waals surface area (Å²) in [7, 11) is 1.53. The summed E-state index contributed by atoms with van der Waals surface area (Å²) in [5, 5.41) is 9.63. The first-order valence-electron chi connectivity index (χ1n) is 8.23. The summed E-state index contributed by atoms with van der Waals surface area (Å²) in [5.74, 6) is -0.663. The minimum atomic E-state index is -1.15. The number of methoxy groups -OCH3 is 1. The molecule has 1 N–H and O–H groups in total. The Morgan fingerprint density at radius 3 is 2.48 bits per heavy atom. The zero-order valence-corrected chi connectivity index (χ0v) is 15.5. The van der Waals surface area contributed by atoms with Crippen LogP contribution in [0.5, 0.6) is 0 Å². The first-order valence-corrected chi connectivity index (χ1v) is 9.22. The topological polar surface area (TPSA) is 80.7 Å². The molecule has 1 aromatic carbocycles. The Kier molecular flexibility index (Phi) is 6.37. The van der Waals surface area contributed by atoms with Crippen LogP contribution in [-0.4, -0.2) is 58.3 Å². The first kappa shape index (κ1) is 19.6. The van der Waals surface area contributed by atoms with E-state index in [9.17, 15) is 19.5 Å². The largest absolute Gasteiger partial charge is 0.521 e. The Hall–Kier alpha value is -1.70. The third-order valence-corrected chi connectivity index (χ3v) is 5.98. The van der Waals surface area contributed by atoms with Gasteiger partial charge in [0.05, 0.1) is 5.92 Å². The molecule has 1 aliphatic heterocycles. The van der Waals surface area contributed by atoms with E-state index in [2.05, 4.69) is 0 Å². The smallest absolute Gasteiger partial charge is 0.435 e. The van der Waals surface area contributed by atoms with Crippen LogP contribution in [0.15, 0.2) is 30.3 Å². The Morgan fingerprint density at radius 2 is 1.96 bits per heavy atom. The van der Waals surface area contributed by atoms with Gasteiger partial charge in [0.15, 0.2) is 0 Å². The minimum Gasteiger partial charge on any atom is -0.435 e. The summed E-state index contributed by atoms with van der Waals surface area (Å²) in [6, 6.07) is 8.48. The molecule has 1 aromatic rings. The molecule has 1 unspecified atom stereocenters. The third-order valence-electron chi connectivity index (χ3n) is 4.81. The van der Waals surface area contributed by atoms with Crippen molar-refractivity contribution in [3.05, 3.63) is 35.9 Å². The normalized spacial score (nSPS) is 27.0. The Bertz CT molecular complexity index is 650. The number of rotatable bonds is 5. The maximum atomic E-state index is 12.9. The van der Waals surface area contributed by atoms with Crippen LogP contribution in [0.25, 0.3) is 0 Å². The van der Waals surface area contributed by atoms with Crippen molar-refractivity contribution in [1.82, 2.24) is 0 Å². The van der Waals surface area contributed by atoms with Crippen molar-refractivity contribution in [2.75, 3.05) is 19.4 Å². The molecule has 0 spiro atoms. The number of likely N-dealkylation sites (tertiary alicyclic amines) is 1. The van der Waals surface area contributed by atoms with Gasteiger partial charge in [0.25, 0.3) is 0 Å². The number of amides is 2. The summed E-state index contributed by atoms with van der Waals surface area (Å²) in [4.78, 5) is 37.0. The molecule has 0 radical (unpaired) electrons. The number of ether oxygens (including phenoxy) is 1. The second-order valence-electron chi connectivity index (χ2n) is 6.48. The standard InChI is InChI=1S/C18H23NO5S/c1-12(11-25-17(21)14-7-5-4-6-8-14)16(20)19(18(22)23)10-15(24-3)9-13(19)2/h4-8,12-13,15H,9-11H2,1-3H3/p+1/t12?,13-,15-,19-/m1/s1. The molecule has 0 saturated carbocycles. The molecule has 4 atom stereocenters. The van der Waals surface area contributed by atoms with Crippen molar-refractivity contribution in [2.24, 2.45) is 5.92 Å². The van der Waals surface area contributed by atoms with E-state index in [-0.39, 0.29) is 35.5 Å². The predicted octanol–water partition coefficient (Wildman–Crippen LogP) is 3.02. The van der Waals surface area contributed by atoms with Crippen molar-refractivity contribution >= 4 is 28.9 Å². The van der Waals surface area contributed by atoms with Crippen LogP contribution >= 0.6 is 11.8 Å². The number of carboxylic acid groups (broad SMARTS) is 1. The second kappa shape index (κ2) is 8.12. The first-order chi connectivity index (χ1) is 11.8. The second-order valence-corrected chi connectivity index (χ2v) is 7.47. The highest BCUT2D eigenvalue weighted by molar-refractivity contribution is 8.14. The molecule has 25 heavy (non-hydrogen) atoms. The fourth-order valence-electron chi connectivity index (χ4n) is 3.30. The van der Waals surface area contributed by atoms with Crippen molar-refractivity contribution in [3.8, 4) is 0 Å². The van der Waals surface area contributed by atoms with Gasteiger partial charge in [-0.15, -0.1) is 0 Å². The van der Waals surface area contributed by atoms with Crippen LogP contribution in [-0.2, 0) is 9.53 Å². The van der Waals surface area contributed by atoms with Crippen LogP contribution in [0.1, 0.15) is 30.6 Å². The van der Waals surface area contributed by atoms with E-state index in [1.165, 1.54) is 7.11 Å². The van der Waals surface area contributed by atoms with Gasteiger partial charge in [0.1, 0.15) is 18.7 Å². The van der Waals surface area contributed by atoms with E-state index in [0.717, 1.165) is 11.8 Å². The molecule has 1 saturated heterocycles. The van der Waals surface area contributed by atoms with Crippen molar-refractivity contribution in [3.63, 3.8) is 0 Å². The predicted molar refractivity (Wildman–Crippen MR) is 95.4 cm³/mol. The van der Waals surface area contributed by atoms with Crippen molar-refractivity contribution < 1.29 is 28.7 Å². The Morgan fingerprint density at radius 1 is 1.32 bits per heavy atom. The number of nitrogens with zero attached hydrogens (tertiary/aromatic N) is 1. The fourth-order valence-corrected chi connectivity index (χ4v) is 4.14. The van der Waals surface area contributed by atoms with Crippen LogP contribution in [0.3, 0.4) is 0 Å². The van der Waals surface area contributed by atoms with Gasteiger partial charge < -0.3 is 9.84 Å². The van der Waals surface area contributed by atoms with Gasteiger partial charge >= 0.3 is 12.0 Å². The molecule has 0 aliphatic carbocycles. The number of hydrogen-bond donors (Lipinski definition) is 1. The average Bonchev–Trinajstić information content (AvgIpc) is 2.97. The zero-order valence-electron chi connectivity index (χ0n) is 14.7. The number of imide groups is 1. The minimum absolute atomic E-state index is 0.119. The Labute approximate surface area is 151 Å². The van der Waals surface area contributed by atoms with Gasteiger partial charge in [-0.25, -0.2) is 4.79 Å². The molecule has 0 aromatic heterocycles. The van der Waals surface area contributed by atoms with Crippen LogP contribution < -0.4 is 0 Å². The van der Waals surface area contributed by atoms with E-state index >= 15 is 0 Å². The highest BCUT2D eigenvalue weighted by atomic mass is 32.2. The number of carbonyl (C=O) groups is 3. The molecule has 0 bridgehead atoms. The van der Waals surface area contributed by atoms with E-state index < -0.39 is 16.5 Å². The third kappa shape index (κ3) is 3.94. The molecule has 1 fully saturated rings. The molecule has 2 amide bonds. The lowest BCUT2D eigenvalue weighted by Crippen LogP contribution is -2.61. The number of hydrogen-bond acceptors (Lipinski definition) is 5. The van der Waals surface area contributed by atoms with Gasteiger partial charge in [0, 0.05) is 24.8 Å². The van der Waals surface area contributed by atoms with Crippen LogP contribution in [0.4, 0.5) is 4.79 Å². The molecule has 1 heterocycles. The number of quaternary nitrogens is 1. The highest BCUT2D eigenvalue weighted by Gasteiger charge is 2.57. The van der Waals surface area contributed by atoms with Crippen LogP contribution in [0.2, 0.25) is 0 Å². The van der Waals surface area contributed by atoms with E-state index in [1.807, 2.05) is 6.07 Å². The monoisotopic (exact) mass is 366 g/mol. The summed E-state index contributed by atoms with van der Waals surface area (Å²) < 4.78 is 4.66. The van der Waals surface area contributed by atoms with E-state index in [0.29, 0.717) is 12.0 Å². The van der Waals surface area contributed by atoms with E-state index in [4.69, 9.17) is 4.74 Å². The summed E-state index contributed by atoms with van der Waals surface area (Å²) in [6.07, 6.45) is -0.874. The molecular weight excluding hydrogens is 342 g/mol. The molecule has 2 rings (SSSR count). The van der Waals surface area contributed by atoms with Gasteiger partial charge in [-0.2, -0.15) is 9.28 Å². The maximum Gasteiger partial charge on any atom is 0.521 e. The van der Waals surface area contributed by atoms with Crippen molar-refractivity contribution in [1.29, 1.82) is 0 Å². The molecule has 6 nitrogen and oxygen atoms in total. The van der Waals surface area contributed by atoms with Crippen LogP contribution in [0, 0.1) is 5.92 Å². The summed E-state index contributed by atoms with van der Waals surface area (Å²) in [5.41, 5.74) is 0.572. The highest BCUT2D eigenvalue weighted by Crippen LogP contribution is 2.32. The molecule has 7 heteroatoms. The van der Waals surface area contributed by atoms with Gasteiger partial charge in [-0.1, -0.05) is 42.1 Å². The lowest BCUT2D eigenvalue weighted by atomic mass is 10.1. The number of carbonyl (C=O) groups excluding carboxylic acids is 2. The molecule has 1 aliphatic rings. The molecular formula is C18H24NO5S+. The summed E-state index contributed by atoms with van der Waals surface area (Å²) >= 11 is 1.05. The van der Waals surface area contributed by atoms with E-state index in [1.54, 1.807) is 38.1 Å². The Balaban J connectivity index is 2.07. The van der Waals surface area contributed by atoms with Crippen molar-refractivity contribution in [2.45, 2.75) is 32.4 Å². The van der Waals surface area contributed by atoms with Gasteiger partial charge in [0.2, 0.25) is 5.12 Å². The molecule has 136 valence electrons. The zero-order chi connectivity index (χ0) is 18.6. The van der Waals surface area contributed by atoms with Gasteiger partial charge in [-0.05, 0) is 13.8 Å².